The van der Waals surface area contributed by atoms with Crippen LogP contribution >= 0.6 is 0 Å². The molecule has 6 nitrogen and oxygen atoms in total. The van der Waals surface area contributed by atoms with Crippen LogP contribution in [0.5, 0.6) is 5.75 Å². The minimum Gasteiger partial charge on any atom is -0.505 e. The maximum Gasteiger partial charge on any atom is 0.311 e. The number of rotatable bonds is 3. The summed E-state index contributed by atoms with van der Waals surface area (Å²) < 4.78 is 0. The molecule has 1 saturated heterocycles. The topological polar surface area (TPSA) is 90.7 Å². The zero-order valence-electron chi connectivity index (χ0n) is 11.5. The fourth-order valence-electron chi connectivity index (χ4n) is 2.61. The number of likely N-dealkylation sites (tertiary alicyclic amines) is 1. The van der Waals surface area contributed by atoms with Gasteiger partial charge in [-0.05, 0) is 24.5 Å². The fraction of sp³-hybridized carbons (Fsp3) is 0.500. The van der Waals surface area contributed by atoms with Gasteiger partial charge in [0, 0.05) is 19.3 Å². The van der Waals surface area contributed by atoms with E-state index in [4.69, 9.17) is 0 Å². The molecular weight excluding hydrogens is 260 g/mol. The summed E-state index contributed by atoms with van der Waals surface area (Å²) in [5, 5.41) is 19.1. The number of carboxylic acids is 1. The molecular formula is C14H18N2O4. The molecule has 1 fully saturated rings. The molecule has 1 unspecified atom stereocenters. The molecule has 2 N–H and O–H groups in total. The molecule has 0 bridgehead atoms. The third-order valence-electron chi connectivity index (χ3n) is 4.11. The number of nitrogens with zero attached hydrogens (tertiary/aromatic N) is 2. The maximum absolute atomic E-state index is 12.3. The zero-order valence-corrected chi connectivity index (χ0v) is 11.5. The van der Waals surface area contributed by atoms with E-state index in [2.05, 4.69) is 4.98 Å². The van der Waals surface area contributed by atoms with Crippen molar-refractivity contribution in [2.24, 2.45) is 11.3 Å². The zero-order chi connectivity index (χ0) is 14.9. The average molecular weight is 278 g/mol. The minimum absolute atomic E-state index is 0.0301. The van der Waals surface area contributed by atoms with Gasteiger partial charge in [-0.2, -0.15) is 0 Å². The Morgan fingerprint density at radius 3 is 2.65 bits per heavy atom. The molecule has 0 aromatic carbocycles. The molecule has 0 radical (unpaired) electrons. The van der Waals surface area contributed by atoms with Crippen LogP contribution in [-0.2, 0) is 4.79 Å². The van der Waals surface area contributed by atoms with Crippen LogP contribution in [0.3, 0.4) is 0 Å². The standard InChI is InChI=1S/C14H18N2O4/c1-9(2)14(13(19)20)5-7-16(8-14)12(18)11-10(17)4-3-6-15-11/h3-4,6,9,17H,5,7-8H2,1-2H3,(H,19,20). The van der Waals surface area contributed by atoms with E-state index in [1.165, 1.54) is 23.2 Å². The van der Waals surface area contributed by atoms with Crippen molar-refractivity contribution in [1.82, 2.24) is 9.88 Å². The lowest BCUT2D eigenvalue weighted by molar-refractivity contribution is -0.150. The number of amides is 1. The Balaban J connectivity index is 2.23. The first-order chi connectivity index (χ1) is 9.38. The highest BCUT2D eigenvalue weighted by molar-refractivity contribution is 5.95. The lowest BCUT2D eigenvalue weighted by Crippen LogP contribution is -2.40. The van der Waals surface area contributed by atoms with Crippen LogP contribution < -0.4 is 0 Å². The molecule has 1 aromatic rings. The Kier molecular flexibility index (Phi) is 3.65. The third kappa shape index (κ3) is 2.21. The summed E-state index contributed by atoms with van der Waals surface area (Å²) in [4.78, 5) is 29.2. The monoisotopic (exact) mass is 278 g/mol. The highest BCUT2D eigenvalue weighted by Gasteiger charge is 2.48. The number of carboxylic acid groups (broad SMARTS) is 1. The number of carbonyl (C=O) groups excluding carboxylic acids is 1. The van der Waals surface area contributed by atoms with Crippen molar-refractivity contribution in [1.29, 1.82) is 0 Å². The van der Waals surface area contributed by atoms with E-state index in [0.29, 0.717) is 13.0 Å². The number of aromatic nitrogens is 1. The molecule has 20 heavy (non-hydrogen) atoms. The van der Waals surface area contributed by atoms with Crippen LogP contribution in [0.2, 0.25) is 0 Å². The van der Waals surface area contributed by atoms with Gasteiger partial charge >= 0.3 is 5.97 Å². The maximum atomic E-state index is 12.3. The number of aromatic hydroxyl groups is 1. The molecule has 2 heterocycles. The summed E-state index contributed by atoms with van der Waals surface area (Å²) in [6, 6.07) is 2.93. The second-order valence-corrected chi connectivity index (χ2v) is 5.46. The SMILES string of the molecule is CC(C)C1(C(=O)O)CCN(C(=O)c2ncccc2O)C1. The van der Waals surface area contributed by atoms with Crippen molar-refractivity contribution < 1.29 is 19.8 Å². The summed E-state index contributed by atoms with van der Waals surface area (Å²) in [5.74, 6) is -1.56. The van der Waals surface area contributed by atoms with Gasteiger partial charge in [0.2, 0.25) is 0 Å². The predicted octanol–water partition coefficient (Wildman–Crippen LogP) is 1.36. The Hall–Kier alpha value is -2.11. The normalized spacial score (nSPS) is 22.2. The highest BCUT2D eigenvalue weighted by atomic mass is 16.4. The molecule has 6 heteroatoms. The summed E-state index contributed by atoms with van der Waals surface area (Å²) >= 11 is 0. The first-order valence-corrected chi connectivity index (χ1v) is 6.55. The van der Waals surface area contributed by atoms with Crippen molar-refractivity contribution in [2.75, 3.05) is 13.1 Å². The fourth-order valence-corrected chi connectivity index (χ4v) is 2.61. The molecule has 108 valence electrons. The van der Waals surface area contributed by atoms with Gasteiger partial charge < -0.3 is 15.1 Å². The quantitative estimate of drug-likeness (QED) is 0.871. The van der Waals surface area contributed by atoms with E-state index in [1.54, 1.807) is 0 Å². The molecule has 0 aliphatic carbocycles. The average Bonchev–Trinajstić information content (AvgIpc) is 2.85. The lowest BCUT2D eigenvalue weighted by Gasteiger charge is -2.28. The van der Waals surface area contributed by atoms with Gasteiger partial charge in [0.1, 0.15) is 5.75 Å². The van der Waals surface area contributed by atoms with Crippen LogP contribution in [-0.4, -0.2) is 45.1 Å². The molecule has 1 aliphatic rings. The largest absolute Gasteiger partial charge is 0.505 e. The smallest absolute Gasteiger partial charge is 0.311 e. The molecule has 1 amide bonds. The number of hydrogen-bond acceptors (Lipinski definition) is 4. The van der Waals surface area contributed by atoms with E-state index < -0.39 is 17.3 Å². The Labute approximate surface area is 117 Å². The highest BCUT2D eigenvalue weighted by Crippen LogP contribution is 2.38. The van der Waals surface area contributed by atoms with Gasteiger partial charge in [-0.15, -0.1) is 0 Å². The van der Waals surface area contributed by atoms with Crippen molar-refractivity contribution >= 4 is 11.9 Å². The first kappa shape index (κ1) is 14.3. The minimum atomic E-state index is -0.917. The van der Waals surface area contributed by atoms with Gasteiger partial charge in [-0.1, -0.05) is 13.8 Å². The Bertz CT molecular complexity index is 544. The van der Waals surface area contributed by atoms with Crippen LogP contribution in [0.15, 0.2) is 18.3 Å². The van der Waals surface area contributed by atoms with E-state index in [-0.39, 0.29) is 23.9 Å². The van der Waals surface area contributed by atoms with Crippen LogP contribution in [0.25, 0.3) is 0 Å². The molecule has 0 spiro atoms. The van der Waals surface area contributed by atoms with Crippen LogP contribution in [0, 0.1) is 11.3 Å². The molecule has 0 saturated carbocycles. The molecule has 1 aliphatic heterocycles. The lowest BCUT2D eigenvalue weighted by atomic mass is 9.76. The van der Waals surface area contributed by atoms with Crippen molar-refractivity contribution in [2.45, 2.75) is 20.3 Å². The summed E-state index contributed by atoms with van der Waals surface area (Å²) in [5.41, 5.74) is -0.947. The first-order valence-electron chi connectivity index (χ1n) is 6.55. The van der Waals surface area contributed by atoms with E-state index in [0.717, 1.165) is 0 Å². The molecule has 1 aromatic heterocycles. The third-order valence-corrected chi connectivity index (χ3v) is 4.11. The predicted molar refractivity (Wildman–Crippen MR) is 71.3 cm³/mol. The summed E-state index contributed by atoms with van der Waals surface area (Å²) in [7, 11) is 0. The van der Waals surface area contributed by atoms with Crippen LogP contribution in [0.1, 0.15) is 30.8 Å². The molecule has 2 rings (SSSR count). The second-order valence-electron chi connectivity index (χ2n) is 5.46. The number of carbonyl (C=O) groups is 2. The Morgan fingerprint density at radius 1 is 1.45 bits per heavy atom. The summed E-state index contributed by atoms with van der Waals surface area (Å²) in [6.07, 6.45) is 1.84. The van der Waals surface area contributed by atoms with Crippen molar-refractivity contribution in [3.63, 3.8) is 0 Å². The van der Waals surface area contributed by atoms with Crippen molar-refractivity contribution in [3.8, 4) is 5.75 Å². The summed E-state index contributed by atoms with van der Waals surface area (Å²) in [6.45, 7) is 4.20. The van der Waals surface area contributed by atoms with Gasteiger partial charge in [-0.25, -0.2) is 4.98 Å². The number of hydrogen-bond donors (Lipinski definition) is 2. The van der Waals surface area contributed by atoms with Crippen LogP contribution in [0.4, 0.5) is 0 Å². The van der Waals surface area contributed by atoms with E-state index in [9.17, 15) is 19.8 Å². The molecule has 1 atom stereocenters. The van der Waals surface area contributed by atoms with Gasteiger partial charge in [0.05, 0.1) is 5.41 Å². The van der Waals surface area contributed by atoms with E-state index >= 15 is 0 Å². The number of aliphatic carboxylic acids is 1. The van der Waals surface area contributed by atoms with E-state index in [1.807, 2.05) is 13.8 Å². The van der Waals surface area contributed by atoms with Crippen molar-refractivity contribution in [3.05, 3.63) is 24.0 Å². The van der Waals surface area contributed by atoms with Gasteiger partial charge in [0.15, 0.2) is 5.69 Å². The second kappa shape index (κ2) is 5.11. The number of pyridine rings is 1. The Morgan fingerprint density at radius 2 is 2.15 bits per heavy atom. The van der Waals surface area contributed by atoms with Gasteiger partial charge in [0.25, 0.3) is 5.91 Å². The van der Waals surface area contributed by atoms with Gasteiger partial charge in [-0.3, -0.25) is 9.59 Å².